The maximum atomic E-state index is 6.16. The average Bonchev–Trinajstić information content (AvgIpc) is 3.02. The Hall–Kier alpha value is -1.80. The number of hydrogen-bond acceptors (Lipinski definition) is 2. The molecule has 0 bridgehead atoms. The van der Waals surface area contributed by atoms with Gasteiger partial charge in [-0.15, -0.1) is 0 Å². The lowest BCUT2D eigenvalue weighted by molar-refractivity contribution is 0.0627. The average molecular weight is 579 g/mol. The highest BCUT2D eigenvalue weighted by molar-refractivity contribution is 5.64. The zero-order chi connectivity index (χ0) is 29.9. The van der Waals surface area contributed by atoms with Crippen LogP contribution in [0.25, 0.3) is 11.1 Å². The molecule has 0 radical (unpaired) electrons. The molecule has 2 heteroatoms. The molecule has 0 saturated carbocycles. The van der Waals surface area contributed by atoms with Crippen molar-refractivity contribution in [1.82, 2.24) is 0 Å². The Morgan fingerprint density at radius 3 is 1.21 bits per heavy atom. The topological polar surface area (TPSA) is 18.5 Å². The maximum Gasteiger partial charge on any atom is 0.119 e. The number of rotatable bonds is 28. The Bertz CT molecular complexity index is 841. The first-order valence-corrected chi connectivity index (χ1v) is 18.2. The minimum Gasteiger partial charge on any atom is -0.494 e. The van der Waals surface area contributed by atoms with Gasteiger partial charge in [0.1, 0.15) is 5.75 Å². The Morgan fingerprint density at radius 1 is 0.429 bits per heavy atom. The van der Waals surface area contributed by atoms with E-state index in [-0.39, 0.29) is 6.10 Å². The molecule has 0 spiro atoms. The second kappa shape index (κ2) is 25.7. The summed E-state index contributed by atoms with van der Waals surface area (Å²) < 4.78 is 12.2. The smallest absolute Gasteiger partial charge is 0.119 e. The summed E-state index contributed by atoms with van der Waals surface area (Å²) in [5.41, 5.74) is 3.74. The summed E-state index contributed by atoms with van der Waals surface area (Å²) in [6.45, 7) is 8.44. The van der Waals surface area contributed by atoms with Gasteiger partial charge in [-0.3, -0.25) is 0 Å². The van der Waals surface area contributed by atoms with Crippen molar-refractivity contribution in [2.45, 2.75) is 168 Å². The predicted molar refractivity (Wildman–Crippen MR) is 185 cm³/mol. The molecule has 1 unspecified atom stereocenters. The van der Waals surface area contributed by atoms with E-state index in [1.54, 1.807) is 0 Å². The molecule has 2 rings (SSSR count). The highest BCUT2D eigenvalue weighted by atomic mass is 16.5. The van der Waals surface area contributed by atoms with E-state index in [1.165, 1.54) is 152 Å². The number of unbranched alkanes of at least 4 members (excludes halogenated alkanes) is 20. The van der Waals surface area contributed by atoms with Gasteiger partial charge >= 0.3 is 0 Å². The van der Waals surface area contributed by atoms with Crippen LogP contribution in [0.4, 0.5) is 0 Å². The third kappa shape index (κ3) is 18.0. The fourth-order valence-corrected chi connectivity index (χ4v) is 5.77. The first-order chi connectivity index (χ1) is 20.7. The summed E-state index contributed by atoms with van der Waals surface area (Å²) in [6, 6.07) is 17.5. The first kappa shape index (κ1) is 36.4. The summed E-state index contributed by atoms with van der Waals surface area (Å²) in [6.07, 6.45) is 30.2. The molecule has 0 amide bonds. The van der Waals surface area contributed by atoms with Gasteiger partial charge in [-0.2, -0.15) is 0 Å². The van der Waals surface area contributed by atoms with E-state index in [1.807, 2.05) is 0 Å². The number of benzene rings is 2. The Kier molecular flexibility index (Phi) is 22.2. The number of hydrogen-bond donors (Lipinski definition) is 0. The van der Waals surface area contributed by atoms with Crippen molar-refractivity contribution >= 4 is 0 Å². The zero-order valence-corrected chi connectivity index (χ0v) is 28.0. The SMILES string of the molecule is CCCCCCCCCCCCCCOC(C)c1ccc(-c2ccc(OCCCCCCCCCCCC)cc2)cc1. The van der Waals surface area contributed by atoms with Gasteiger partial charge in [-0.05, 0) is 48.6 Å². The standard InChI is InChI=1S/C40H66O2/c1-4-6-8-10-12-14-16-17-19-20-22-24-34-41-36(3)37-26-28-38(29-27-37)39-30-32-40(33-31-39)42-35-25-23-21-18-15-13-11-9-7-5-2/h26-33,36H,4-25,34-35H2,1-3H3. The molecule has 0 aliphatic carbocycles. The highest BCUT2D eigenvalue weighted by Gasteiger charge is 2.07. The van der Waals surface area contributed by atoms with Crippen LogP contribution < -0.4 is 4.74 Å². The van der Waals surface area contributed by atoms with E-state index < -0.39 is 0 Å². The van der Waals surface area contributed by atoms with Crippen LogP contribution in [-0.4, -0.2) is 13.2 Å². The van der Waals surface area contributed by atoms with Crippen LogP contribution in [0, 0.1) is 0 Å². The van der Waals surface area contributed by atoms with E-state index in [2.05, 4.69) is 69.3 Å². The quantitative estimate of drug-likeness (QED) is 0.0935. The maximum absolute atomic E-state index is 6.16. The third-order valence-electron chi connectivity index (χ3n) is 8.70. The van der Waals surface area contributed by atoms with Crippen molar-refractivity contribution in [1.29, 1.82) is 0 Å². The lowest BCUT2D eigenvalue weighted by Gasteiger charge is -2.14. The van der Waals surface area contributed by atoms with Crippen molar-refractivity contribution in [2.75, 3.05) is 13.2 Å². The molecule has 0 heterocycles. The van der Waals surface area contributed by atoms with E-state index in [0.29, 0.717) is 0 Å². The number of ether oxygens (including phenoxy) is 2. The summed E-state index contributed by atoms with van der Waals surface area (Å²) in [7, 11) is 0. The van der Waals surface area contributed by atoms with Crippen molar-refractivity contribution in [3.63, 3.8) is 0 Å². The molecule has 0 saturated heterocycles. The molecule has 0 aromatic heterocycles. The van der Waals surface area contributed by atoms with Crippen LogP contribution in [0.3, 0.4) is 0 Å². The molecule has 0 fully saturated rings. The van der Waals surface area contributed by atoms with Gasteiger partial charge in [0.05, 0.1) is 12.7 Å². The van der Waals surface area contributed by atoms with Gasteiger partial charge in [0.15, 0.2) is 0 Å². The molecular weight excluding hydrogens is 512 g/mol. The van der Waals surface area contributed by atoms with E-state index in [0.717, 1.165) is 25.4 Å². The molecule has 0 aliphatic heterocycles. The molecule has 1 atom stereocenters. The fraction of sp³-hybridized carbons (Fsp3) is 0.700. The summed E-state index contributed by atoms with van der Waals surface area (Å²) >= 11 is 0. The normalized spacial score (nSPS) is 12.1. The van der Waals surface area contributed by atoms with Crippen LogP contribution >= 0.6 is 0 Å². The fourth-order valence-electron chi connectivity index (χ4n) is 5.77. The van der Waals surface area contributed by atoms with Crippen molar-refractivity contribution in [3.05, 3.63) is 54.1 Å². The van der Waals surface area contributed by atoms with Crippen molar-refractivity contribution < 1.29 is 9.47 Å². The minimum absolute atomic E-state index is 0.147. The first-order valence-electron chi connectivity index (χ1n) is 18.2. The van der Waals surface area contributed by atoms with Gasteiger partial charge in [0.2, 0.25) is 0 Å². The van der Waals surface area contributed by atoms with E-state index >= 15 is 0 Å². The molecule has 0 aliphatic rings. The van der Waals surface area contributed by atoms with Crippen molar-refractivity contribution in [3.8, 4) is 16.9 Å². The van der Waals surface area contributed by atoms with Crippen LogP contribution in [-0.2, 0) is 4.74 Å². The lowest BCUT2D eigenvalue weighted by Crippen LogP contribution is -2.01. The second-order valence-electron chi connectivity index (χ2n) is 12.6. The summed E-state index contributed by atoms with van der Waals surface area (Å²) in [4.78, 5) is 0. The van der Waals surface area contributed by atoms with Crippen LogP contribution in [0.15, 0.2) is 48.5 Å². The van der Waals surface area contributed by atoms with Crippen LogP contribution in [0.5, 0.6) is 5.75 Å². The summed E-state index contributed by atoms with van der Waals surface area (Å²) in [5, 5.41) is 0. The van der Waals surface area contributed by atoms with Gasteiger partial charge in [0.25, 0.3) is 0 Å². The Balaban J connectivity index is 1.51. The Labute approximate surface area is 261 Å². The third-order valence-corrected chi connectivity index (χ3v) is 8.70. The van der Waals surface area contributed by atoms with Crippen LogP contribution in [0.1, 0.15) is 174 Å². The molecule has 0 N–H and O–H groups in total. The highest BCUT2D eigenvalue weighted by Crippen LogP contribution is 2.26. The second-order valence-corrected chi connectivity index (χ2v) is 12.6. The molecule has 2 nitrogen and oxygen atoms in total. The lowest BCUT2D eigenvalue weighted by atomic mass is 10.0. The molecule has 238 valence electrons. The molecule has 2 aromatic carbocycles. The molecular formula is C40H66O2. The van der Waals surface area contributed by atoms with Gasteiger partial charge in [-0.25, -0.2) is 0 Å². The predicted octanol–water partition coefficient (Wildman–Crippen LogP) is 13.4. The summed E-state index contributed by atoms with van der Waals surface area (Å²) in [5.74, 6) is 0.978. The van der Waals surface area contributed by atoms with Gasteiger partial charge < -0.3 is 9.47 Å². The zero-order valence-electron chi connectivity index (χ0n) is 28.0. The Morgan fingerprint density at radius 2 is 0.786 bits per heavy atom. The minimum atomic E-state index is 0.147. The van der Waals surface area contributed by atoms with Crippen LogP contribution in [0.2, 0.25) is 0 Å². The largest absolute Gasteiger partial charge is 0.494 e. The van der Waals surface area contributed by atoms with Gasteiger partial charge in [-0.1, -0.05) is 179 Å². The molecule has 2 aromatic rings. The van der Waals surface area contributed by atoms with Gasteiger partial charge in [0, 0.05) is 6.61 Å². The van der Waals surface area contributed by atoms with E-state index in [4.69, 9.17) is 9.47 Å². The van der Waals surface area contributed by atoms with Crippen molar-refractivity contribution in [2.24, 2.45) is 0 Å². The molecule has 42 heavy (non-hydrogen) atoms. The van der Waals surface area contributed by atoms with E-state index in [9.17, 15) is 0 Å². The monoisotopic (exact) mass is 579 g/mol.